The molecule has 3 nitrogen and oxygen atoms in total. The number of amides is 1. The molecule has 1 aliphatic heterocycles. The number of nitrogens with zero attached hydrogens (tertiary/aromatic N) is 1. The average molecular weight is 268 g/mol. The van der Waals surface area contributed by atoms with Crippen LogP contribution in [0.5, 0.6) is 0 Å². The van der Waals surface area contributed by atoms with Gasteiger partial charge >= 0.3 is 0 Å². The molecule has 1 N–H and O–H groups in total. The van der Waals surface area contributed by atoms with Crippen molar-refractivity contribution in [1.29, 1.82) is 0 Å². The summed E-state index contributed by atoms with van der Waals surface area (Å²) in [6.07, 6.45) is 8.33. The fourth-order valence-electron chi connectivity index (χ4n) is 3.97. The number of nitrogens with one attached hydrogen (secondary N) is 1. The molecule has 4 heteroatoms. The maximum Gasteiger partial charge on any atom is 0.244 e. The molecule has 2 unspecified atom stereocenters. The Morgan fingerprint density at radius 2 is 2.11 bits per heavy atom. The van der Waals surface area contributed by atoms with Crippen molar-refractivity contribution < 1.29 is 4.79 Å². The monoisotopic (exact) mass is 268 g/mol. The molecule has 2 saturated carbocycles. The normalized spacial score (nSPS) is 34.9. The maximum absolute atomic E-state index is 12.7. The lowest BCUT2D eigenvalue weighted by atomic mass is 9.97. The van der Waals surface area contributed by atoms with E-state index in [0.717, 1.165) is 19.5 Å². The van der Waals surface area contributed by atoms with Gasteiger partial charge in [0.05, 0.1) is 12.2 Å². The van der Waals surface area contributed by atoms with Crippen molar-refractivity contribution >= 4 is 17.7 Å². The fourth-order valence-corrected chi connectivity index (χ4v) is 5.23. The first kappa shape index (κ1) is 12.8. The average Bonchev–Trinajstić information content (AvgIpc) is 3.05. The van der Waals surface area contributed by atoms with Gasteiger partial charge in [0.2, 0.25) is 5.91 Å². The lowest BCUT2D eigenvalue weighted by Gasteiger charge is -2.30. The van der Waals surface area contributed by atoms with E-state index in [0.29, 0.717) is 17.2 Å². The van der Waals surface area contributed by atoms with Gasteiger partial charge in [-0.3, -0.25) is 10.1 Å². The molecule has 18 heavy (non-hydrogen) atoms. The Kier molecular flexibility index (Phi) is 3.59. The summed E-state index contributed by atoms with van der Waals surface area (Å²) in [7, 11) is 0. The quantitative estimate of drug-likeness (QED) is 0.853. The van der Waals surface area contributed by atoms with Crippen molar-refractivity contribution in [2.24, 2.45) is 0 Å². The van der Waals surface area contributed by atoms with Crippen molar-refractivity contribution in [1.82, 2.24) is 10.2 Å². The van der Waals surface area contributed by atoms with Crippen LogP contribution in [0.4, 0.5) is 0 Å². The first-order valence-electron chi connectivity index (χ1n) is 7.44. The molecule has 1 heterocycles. The molecule has 3 fully saturated rings. The number of carbonyl (C=O) groups excluding carboxylic acids is 1. The number of hydrogen-bond acceptors (Lipinski definition) is 3. The lowest BCUT2D eigenvalue weighted by Crippen LogP contribution is -2.46. The van der Waals surface area contributed by atoms with Crippen LogP contribution in [-0.2, 0) is 4.79 Å². The minimum Gasteiger partial charge on any atom is -0.324 e. The summed E-state index contributed by atoms with van der Waals surface area (Å²) in [5.41, 5.74) is -0.163. The van der Waals surface area contributed by atoms with Crippen LogP contribution >= 0.6 is 11.8 Å². The summed E-state index contributed by atoms with van der Waals surface area (Å²) in [5.74, 6) is 1.58. The summed E-state index contributed by atoms with van der Waals surface area (Å²) in [5, 5.41) is 4.22. The summed E-state index contributed by atoms with van der Waals surface area (Å²) >= 11 is 2.05. The molecular weight excluding hydrogens is 244 g/mol. The SMILES string of the molecule is CCSC1CCCC1N1CNC2(CCCC2)C1=O. The van der Waals surface area contributed by atoms with Gasteiger partial charge in [-0.25, -0.2) is 0 Å². The van der Waals surface area contributed by atoms with Crippen molar-refractivity contribution in [2.45, 2.75) is 68.7 Å². The third-order valence-electron chi connectivity index (χ3n) is 4.91. The molecule has 0 radical (unpaired) electrons. The van der Waals surface area contributed by atoms with Crippen LogP contribution in [0, 0.1) is 0 Å². The molecule has 1 saturated heterocycles. The molecular formula is C14H24N2OS. The Hall–Kier alpha value is -0.220. The Balaban J connectivity index is 1.72. The van der Waals surface area contributed by atoms with E-state index in [4.69, 9.17) is 0 Å². The van der Waals surface area contributed by atoms with Gasteiger partial charge < -0.3 is 4.90 Å². The van der Waals surface area contributed by atoms with E-state index in [-0.39, 0.29) is 5.54 Å². The van der Waals surface area contributed by atoms with Gasteiger partial charge in [-0.05, 0) is 31.4 Å². The van der Waals surface area contributed by atoms with Crippen LogP contribution < -0.4 is 5.32 Å². The number of thioether (sulfide) groups is 1. The van der Waals surface area contributed by atoms with E-state index in [1.165, 1.54) is 37.9 Å². The standard InChI is InChI=1S/C14H24N2OS/c1-2-18-12-7-5-6-11(12)16-10-15-14(13(16)17)8-3-4-9-14/h11-12,15H,2-10H2,1H3. The van der Waals surface area contributed by atoms with Crippen molar-refractivity contribution in [3.8, 4) is 0 Å². The van der Waals surface area contributed by atoms with Crippen molar-refractivity contribution in [3.05, 3.63) is 0 Å². The zero-order valence-electron chi connectivity index (χ0n) is 11.3. The molecule has 0 aromatic carbocycles. The fraction of sp³-hybridized carbons (Fsp3) is 0.929. The van der Waals surface area contributed by atoms with E-state index >= 15 is 0 Å². The molecule has 102 valence electrons. The number of hydrogen-bond donors (Lipinski definition) is 1. The highest BCUT2D eigenvalue weighted by atomic mass is 32.2. The Morgan fingerprint density at radius 1 is 1.33 bits per heavy atom. The van der Waals surface area contributed by atoms with Gasteiger partial charge in [-0.1, -0.05) is 26.2 Å². The van der Waals surface area contributed by atoms with Crippen LogP contribution in [0.3, 0.4) is 0 Å². The summed E-state index contributed by atoms with van der Waals surface area (Å²) in [6.45, 7) is 3.02. The second-order valence-corrected chi connectivity index (χ2v) is 7.41. The molecule has 0 bridgehead atoms. The van der Waals surface area contributed by atoms with Gasteiger partial charge in [-0.2, -0.15) is 11.8 Å². The van der Waals surface area contributed by atoms with E-state index < -0.39 is 0 Å². The summed E-state index contributed by atoms with van der Waals surface area (Å²) in [4.78, 5) is 14.9. The highest BCUT2D eigenvalue weighted by Gasteiger charge is 2.51. The van der Waals surface area contributed by atoms with Gasteiger partial charge in [-0.15, -0.1) is 0 Å². The first-order chi connectivity index (χ1) is 8.77. The Labute approximate surface area is 114 Å². The molecule has 1 spiro atoms. The molecule has 2 atom stereocenters. The van der Waals surface area contributed by atoms with Crippen molar-refractivity contribution in [3.63, 3.8) is 0 Å². The first-order valence-corrected chi connectivity index (χ1v) is 8.49. The zero-order chi connectivity index (χ0) is 12.6. The Morgan fingerprint density at radius 3 is 2.83 bits per heavy atom. The van der Waals surface area contributed by atoms with Crippen LogP contribution in [0.2, 0.25) is 0 Å². The second kappa shape index (κ2) is 5.04. The predicted molar refractivity (Wildman–Crippen MR) is 75.6 cm³/mol. The largest absolute Gasteiger partial charge is 0.324 e. The van der Waals surface area contributed by atoms with Crippen LogP contribution in [0.1, 0.15) is 51.9 Å². The Bertz CT molecular complexity index is 328. The minimum absolute atomic E-state index is 0.163. The predicted octanol–water partition coefficient (Wildman–Crippen LogP) is 2.36. The third-order valence-corrected chi connectivity index (χ3v) is 6.23. The molecule has 2 aliphatic carbocycles. The van der Waals surface area contributed by atoms with Crippen LogP contribution in [0.15, 0.2) is 0 Å². The van der Waals surface area contributed by atoms with E-state index in [1.807, 2.05) is 11.8 Å². The number of rotatable bonds is 3. The van der Waals surface area contributed by atoms with Crippen LogP contribution in [-0.4, -0.2) is 40.1 Å². The lowest BCUT2D eigenvalue weighted by molar-refractivity contribution is -0.134. The molecule has 0 aromatic rings. The number of carbonyl (C=O) groups is 1. The second-order valence-electron chi connectivity index (χ2n) is 5.89. The topological polar surface area (TPSA) is 32.3 Å². The third kappa shape index (κ3) is 1.97. The molecule has 3 aliphatic rings. The van der Waals surface area contributed by atoms with Gasteiger partial charge in [0.1, 0.15) is 0 Å². The molecule has 1 amide bonds. The highest BCUT2D eigenvalue weighted by Crippen LogP contribution is 2.39. The zero-order valence-corrected chi connectivity index (χ0v) is 12.1. The van der Waals surface area contributed by atoms with E-state index in [2.05, 4.69) is 17.1 Å². The van der Waals surface area contributed by atoms with Gasteiger partial charge in [0, 0.05) is 11.3 Å². The summed E-state index contributed by atoms with van der Waals surface area (Å²) < 4.78 is 0. The van der Waals surface area contributed by atoms with Gasteiger partial charge in [0.25, 0.3) is 0 Å². The van der Waals surface area contributed by atoms with E-state index in [9.17, 15) is 4.79 Å². The highest BCUT2D eigenvalue weighted by molar-refractivity contribution is 7.99. The van der Waals surface area contributed by atoms with Crippen molar-refractivity contribution in [2.75, 3.05) is 12.4 Å². The molecule has 3 rings (SSSR count). The maximum atomic E-state index is 12.7. The summed E-state index contributed by atoms with van der Waals surface area (Å²) in [6, 6.07) is 0.495. The van der Waals surface area contributed by atoms with E-state index in [1.54, 1.807) is 0 Å². The van der Waals surface area contributed by atoms with Crippen LogP contribution in [0.25, 0.3) is 0 Å². The van der Waals surface area contributed by atoms with Gasteiger partial charge in [0.15, 0.2) is 0 Å². The minimum atomic E-state index is -0.163. The smallest absolute Gasteiger partial charge is 0.244 e. The molecule has 0 aromatic heterocycles.